The first kappa shape index (κ1) is 15.1. The van der Waals surface area contributed by atoms with Gasteiger partial charge in [-0.2, -0.15) is 0 Å². The number of hydrogen-bond donors (Lipinski definition) is 0. The summed E-state index contributed by atoms with van der Waals surface area (Å²) in [6.07, 6.45) is 4.00. The molecule has 0 aliphatic heterocycles. The molecular formula is C23H19N2O+. The van der Waals surface area contributed by atoms with Gasteiger partial charge in [-0.15, -0.1) is 0 Å². The van der Waals surface area contributed by atoms with E-state index in [1.165, 1.54) is 16.2 Å². The van der Waals surface area contributed by atoms with Gasteiger partial charge in [0.05, 0.1) is 13.2 Å². The zero-order chi connectivity index (χ0) is 17.8. The third-order valence-corrected chi connectivity index (χ3v) is 5.08. The second-order valence-electron chi connectivity index (χ2n) is 6.96. The largest absolute Gasteiger partial charge is 0.455 e. The molecule has 0 saturated heterocycles. The fraction of sp³-hybridized carbons (Fsp3) is 0.130. The van der Waals surface area contributed by atoms with Crippen molar-refractivity contribution in [3.63, 3.8) is 0 Å². The van der Waals surface area contributed by atoms with E-state index in [2.05, 4.69) is 73.1 Å². The Morgan fingerprint density at radius 1 is 0.923 bits per heavy atom. The van der Waals surface area contributed by atoms with E-state index in [4.69, 9.17) is 9.40 Å². The van der Waals surface area contributed by atoms with Gasteiger partial charge in [0.15, 0.2) is 5.58 Å². The summed E-state index contributed by atoms with van der Waals surface area (Å²) in [7, 11) is 2.03. The summed E-state index contributed by atoms with van der Waals surface area (Å²) in [5.41, 5.74) is 5.18. The van der Waals surface area contributed by atoms with Crippen molar-refractivity contribution >= 4 is 32.7 Å². The van der Waals surface area contributed by atoms with Crippen molar-refractivity contribution < 1.29 is 8.98 Å². The summed E-state index contributed by atoms with van der Waals surface area (Å²) in [4.78, 5) is 4.69. The second-order valence-corrected chi connectivity index (χ2v) is 6.96. The number of aromatic nitrogens is 2. The smallest absolute Gasteiger partial charge is 0.334 e. The molecule has 0 unspecified atom stereocenters. The van der Waals surface area contributed by atoms with Crippen molar-refractivity contribution in [3.8, 4) is 11.4 Å². The van der Waals surface area contributed by atoms with E-state index in [0.717, 1.165) is 39.1 Å². The molecule has 26 heavy (non-hydrogen) atoms. The molecule has 126 valence electrons. The first-order chi connectivity index (χ1) is 12.6. The quantitative estimate of drug-likeness (QED) is 0.391. The van der Waals surface area contributed by atoms with Gasteiger partial charge in [0.1, 0.15) is 17.3 Å². The van der Waals surface area contributed by atoms with Crippen LogP contribution < -0.4 is 4.57 Å². The molecule has 5 aromatic rings. The molecule has 5 rings (SSSR count). The molecule has 3 heteroatoms. The Kier molecular flexibility index (Phi) is 3.13. The molecular weight excluding hydrogens is 320 g/mol. The molecule has 0 amide bonds. The van der Waals surface area contributed by atoms with Gasteiger partial charge in [-0.05, 0) is 41.2 Å². The molecule has 2 heterocycles. The van der Waals surface area contributed by atoms with Crippen molar-refractivity contribution in [2.75, 3.05) is 0 Å². The highest BCUT2D eigenvalue weighted by Gasteiger charge is 2.23. The maximum Gasteiger partial charge on any atom is 0.334 e. The summed E-state index contributed by atoms with van der Waals surface area (Å²) in [5, 5.41) is 4.76. The van der Waals surface area contributed by atoms with E-state index < -0.39 is 0 Å². The number of benzene rings is 3. The van der Waals surface area contributed by atoms with Crippen LogP contribution in [0.25, 0.3) is 44.1 Å². The third-order valence-electron chi connectivity index (χ3n) is 5.08. The first-order valence-corrected chi connectivity index (χ1v) is 8.80. The molecule has 0 N–H and O–H groups in total. The van der Waals surface area contributed by atoms with Crippen LogP contribution in [-0.4, -0.2) is 4.98 Å². The minimum atomic E-state index is 0.906. The Labute approximate surface area is 151 Å². The average Bonchev–Trinajstić information content (AvgIpc) is 3.01. The van der Waals surface area contributed by atoms with Crippen molar-refractivity contribution in [2.24, 2.45) is 7.05 Å². The molecule has 0 spiro atoms. The molecule has 0 fully saturated rings. The van der Waals surface area contributed by atoms with Crippen molar-refractivity contribution in [1.82, 2.24) is 4.98 Å². The zero-order valence-corrected chi connectivity index (χ0v) is 15.1. The van der Waals surface area contributed by atoms with Gasteiger partial charge in [-0.25, -0.2) is 4.57 Å². The topological polar surface area (TPSA) is 29.9 Å². The van der Waals surface area contributed by atoms with Gasteiger partial charge >= 0.3 is 5.82 Å². The lowest BCUT2D eigenvalue weighted by Crippen LogP contribution is -2.32. The highest BCUT2D eigenvalue weighted by Crippen LogP contribution is 2.39. The van der Waals surface area contributed by atoms with Crippen molar-refractivity contribution in [2.45, 2.75) is 13.8 Å². The van der Waals surface area contributed by atoms with Gasteiger partial charge in [-0.3, -0.25) is 0 Å². The van der Waals surface area contributed by atoms with Gasteiger partial charge in [0.25, 0.3) is 0 Å². The lowest BCUT2D eigenvalue weighted by molar-refractivity contribution is -0.663. The van der Waals surface area contributed by atoms with Crippen LogP contribution in [0.4, 0.5) is 0 Å². The average molecular weight is 339 g/mol. The van der Waals surface area contributed by atoms with E-state index in [1.54, 1.807) is 0 Å². The number of nitrogens with zero attached hydrogens (tertiary/aromatic N) is 2. The Balaban J connectivity index is 1.96. The Morgan fingerprint density at radius 2 is 1.77 bits per heavy atom. The first-order valence-electron chi connectivity index (χ1n) is 8.80. The van der Waals surface area contributed by atoms with E-state index >= 15 is 0 Å². The van der Waals surface area contributed by atoms with E-state index in [1.807, 2.05) is 13.2 Å². The third kappa shape index (κ3) is 2.07. The molecule has 2 aromatic heterocycles. The van der Waals surface area contributed by atoms with Crippen LogP contribution in [0.3, 0.4) is 0 Å². The molecule has 0 aliphatic carbocycles. The Hall–Kier alpha value is -3.20. The Bertz CT molecular complexity index is 1310. The summed E-state index contributed by atoms with van der Waals surface area (Å²) >= 11 is 0. The monoisotopic (exact) mass is 339 g/mol. The summed E-state index contributed by atoms with van der Waals surface area (Å²) in [6, 6.07) is 17.0. The number of aryl methyl sites for hydroxylation is 3. The van der Waals surface area contributed by atoms with Crippen LogP contribution in [0.15, 0.2) is 65.3 Å². The molecule has 0 bridgehead atoms. The molecule has 0 saturated carbocycles. The van der Waals surface area contributed by atoms with Gasteiger partial charge < -0.3 is 4.42 Å². The van der Waals surface area contributed by atoms with Crippen LogP contribution in [-0.2, 0) is 7.05 Å². The second kappa shape index (κ2) is 5.40. The molecule has 0 aliphatic rings. The van der Waals surface area contributed by atoms with Crippen molar-refractivity contribution in [3.05, 3.63) is 72.1 Å². The van der Waals surface area contributed by atoms with Crippen LogP contribution in [0.5, 0.6) is 0 Å². The fourth-order valence-corrected chi connectivity index (χ4v) is 3.88. The SMILES string of the molecule is Cc1cnc(-c2c(C)ccc3c2oc2ccc4ccccc4c23)[n+](C)c1. The number of fused-ring (bicyclic) bond motifs is 5. The van der Waals surface area contributed by atoms with Gasteiger partial charge in [-0.1, -0.05) is 42.5 Å². The maximum absolute atomic E-state index is 6.36. The fourth-order valence-electron chi connectivity index (χ4n) is 3.88. The van der Waals surface area contributed by atoms with Gasteiger partial charge in [0.2, 0.25) is 0 Å². The summed E-state index contributed by atoms with van der Waals surface area (Å²) in [5.74, 6) is 0.919. The lowest BCUT2D eigenvalue weighted by atomic mass is 10.00. The van der Waals surface area contributed by atoms with E-state index in [9.17, 15) is 0 Å². The normalized spacial score (nSPS) is 11.7. The number of hydrogen-bond acceptors (Lipinski definition) is 2. The molecule has 0 radical (unpaired) electrons. The predicted octanol–water partition coefficient (Wildman–Crippen LogP) is 5.24. The summed E-state index contributed by atoms with van der Waals surface area (Å²) < 4.78 is 8.43. The maximum atomic E-state index is 6.36. The minimum absolute atomic E-state index is 0.906. The molecule has 3 aromatic carbocycles. The standard InChI is InChI=1S/C23H19N2O/c1-14-12-24-23(25(3)13-14)20-15(2)8-10-18-21-17-7-5-4-6-16(17)9-11-19(21)26-22(18)20/h4-13H,1-3H3/q+1. The van der Waals surface area contributed by atoms with Crippen molar-refractivity contribution in [1.29, 1.82) is 0 Å². The van der Waals surface area contributed by atoms with E-state index in [-0.39, 0.29) is 0 Å². The highest BCUT2D eigenvalue weighted by atomic mass is 16.3. The minimum Gasteiger partial charge on any atom is -0.455 e. The predicted molar refractivity (Wildman–Crippen MR) is 105 cm³/mol. The van der Waals surface area contributed by atoms with Crippen LogP contribution >= 0.6 is 0 Å². The number of furan rings is 1. The molecule has 0 atom stereocenters. The van der Waals surface area contributed by atoms with E-state index in [0.29, 0.717) is 0 Å². The molecule has 3 nitrogen and oxygen atoms in total. The van der Waals surface area contributed by atoms with Crippen LogP contribution in [0.1, 0.15) is 11.1 Å². The van der Waals surface area contributed by atoms with Crippen LogP contribution in [0.2, 0.25) is 0 Å². The number of rotatable bonds is 1. The highest BCUT2D eigenvalue weighted by molar-refractivity contribution is 6.20. The van der Waals surface area contributed by atoms with Gasteiger partial charge in [0, 0.05) is 16.3 Å². The zero-order valence-electron chi connectivity index (χ0n) is 15.1. The Morgan fingerprint density at radius 3 is 2.62 bits per heavy atom. The van der Waals surface area contributed by atoms with Crippen LogP contribution in [0, 0.1) is 13.8 Å². The summed E-state index contributed by atoms with van der Waals surface area (Å²) in [6.45, 7) is 4.17. The lowest BCUT2D eigenvalue weighted by Gasteiger charge is -2.04.